The summed E-state index contributed by atoms with van der Waals surface area (Å²) in [5.74, 6) is 0.694. The van der Waals surface area contributed by atoms with Crippen LogP contribution in [0.3, 0.4) is 0 Å². The Kier molecular flexibility index (Phi) is 9.02. The van der Waals surface area contributed by atoms with Crippen molar-refractivity contribution in [1.29, 1.82) is 0 Å². The zero-order valence-corrected chi connectivity index (χ0v) is 33.1. The van der Waals surface area contributed by atoms with E-state index in [1.165, 1.54) is 54.6 Å². The van der Waals surface area contributed by atoms with Gasteiger partial charge < -0.3 is 0 Å². The minimum absolute atomic E-state index is 0.694. The van der Waals surface area contributed by atoms with Crippen LogP contribution in [0.1, 0.15) is 18.4 Å². The van der Waals surface area contributed by atoms with E-state index in [4.69, 9.17) is 9.97 Å². The molecule has 0 fully saturated rings. The second kappa shape index (κ2) is 15.2. The van der Waals surface area contributed by atoms with E-state index in [-0.39, 0.29) is 0 Å². The number of rotatable bonds is 7. The van der Waals surface area contributed by atoms with Gasteiger partial charge in [-0.15, -0.1) is 0 Å². The predicted octanol–water partition coefficient (Wildman–Crippen LogP) is 15.7. The molecule has 0 saturated heterocycles. The number of nitrogens with zero attached hydrogens (tertiary/aromatic N) is 2. The van der Waals surface area contributed by atoms with Gasteiger partial charge in [-0.05, 0) is 120 Å². The van der Waals surface area contributed by atoms with E-state index in [9.17, 15) is 0 Å². The van der Waals surface area contributed by atoms with Crippen molar-refractivity contribution in [2.24, 2.45) is 0 Å². The largest absolute Gasteiger partial charge is 0.228 e. The van der Waals surface area contributed by atoms with Crippen molar-refractivity contribution in [2.75, 3.05) is 0 Å². The topological polar surface area (TPSA) is 25.8 Å². The van der Waals surface area contributed by atoms with Crippen molar-refractivity contribution in [3.8, 4) is 67.3 Å². The SMILES string of the molecule is C1=CC(c2cccc(-c3cc(-c4cccc(-c5ccccc5)c4)nc(-c4ccccc4-c4cccc(-c5ccc6c7ccccc7c7ccccc7c6c5)c4)n3)c2)=CCC1. The first-order valence-electron chi connectivity index (χ1n) is 20.8. The molecular weight excluding hydrogens is 725 g/mol. The van der Waals surface area contributed by atoms with E-state index >= 15 is 0 Å². The average Bonchev–Trinajstić information content (AvgIpc) is 3.34. The molecule has 0 N–H and O–H groups in total. The number of hydrogen-bond acceptors (Lipinski definition) is 2. The molecule has 60 heavy (non-hydrogen) atoms. The Bertz CT molecular complexity index is 3280. The fraction of sp³-hybridized carbons (Fsp3) is 0.0345. The summed E-state index contributed by atoms with van der Waals surface area (Å²) in [6.07, 6.45) is 8.97. The van der Waals surface area contributed by atoms with Crippen LogP contribution >= 0.6 is 0 Å². The smallest absolute Gasteiger partial charge is 0.161 e. The molecule has 0 radical (unpaired) electrons. The van der Waals surface area contributed by atoms with Crippen LogP contribution in [0.5, 0.6) is 0 Å². The fourth-order valence-corrected chi connectivity index (χ4v) is 8.92. The molecule has 0 unspecified atom stereocenters. The molecule has 1 aliphatic carbocycles. The molecule has 0 aliphatic heterocycles. The molecule has 2 nitrogen and oxygen atoms in total. The van der Waals surface area contributed by atoms with E-state index in [0.29, 0.717) is 5.82 Å². The standard InChI is InChI=1S/C58H40N2/c1-3-16-39(17-4-1)41-20-14-24-46(35-41)56-38-57(47-25-15-21-42(36-47)40-18-5-2-6-19-40)60-58(59-56)54-31-12-7-26-48(54)45-23-13-22-43(34-45)44-32-33-53-51-29-9-8-27-49(51)50-28-10-11-30-52(50)55(53)37-44/h1,3-5,7-38H,2,6H2. The second-order valence-electron chi connectivity index (χ2n) is 15.6. The van der Waals surface area contributed by atoms with Crippen LogP contribution in [0.2, 0.25) is 0 Å². The Morgan fingerprint density at radius 3 is 1.45 bits per heavy atom. The van der Waals surface area contributed by atoms with E-state index in [0.717, 1.165) is 63.2 Å². The van der Waals surface area contributed by atoms with Crippen LogP contribution in [0.15, 0.2) is 218 Å². The molecule has 10 aromatic rings. The highest BCUT2D eigenvalue weighted by Gasteiger charge is 2.17. The molecule has 0 bridgehead atoms. The molecule has 0 saturated carbocycles. The first kappa shape index (κ1) is 35.5. The highest BCUT2D eigenvalue weighted by atomic mass is 14.9. The molecule has 9 aromatic carbocycles. The Balaban J connectivity index is 1.05. The normalized spacial score (nSPS) is 12.6. The number of benzene rings is 9. The zero-order valence-electron chi connectivity index (χ0n) is 33.1. The van der Waals surface area contributed by atoms with Crippen molar-refractivity contribution in [3.05, 3.63) is 224 Å². The Labute approximate surface area is 350 Å². The van der Waals surface area contributed by atoms with Gasteiger partial charge in [-0.2, -0.15) is 0 Å². The highest BCUT2D eigenvalue weighted by Crippen LogP contribution is 2.40. The number of allylic oxidation sites excluding steroid dienone is 4. The van der Waals surface area contributed by atoms with Gasteiger partial charge >= 0.3 is 0 Å². The van der Waals surface area contributed by atoms with Gasteiger partial charge in [0.25, 0.3) is 0 Å². The number of aromatic nitrogens is 2. The maximum absolute atomic E-state index is 5.37. The van der Waals surface area contributed by atoms with Crippen LogP contribution in [0.4, 0.5) is 0 Å². The van der Waals surface area contributed by atoms with Crippen LogP contribution in [-0.2, 0) is 0 Å². The summed E-state index contributed by atoms with van der Waals surface area (Å²) in [4.78, 5) is 10.7. The van der Waals surface area contributed by atoms with Crippen molar-refractivity contribution in [2.45, 2.75) is 12.8 Å². The molecule has 1 aromatic heterocycles. The molecule has 11 rings (SSSR count). The van der Waals surface area contributed by atoms with Gasteiger partial charge in [0.05, 0.1) is 11.4 Å². The maximum Gasteiger partial charge on any atom is 0.161 e. The molecule has 0 amide bonds. The zero-order chi connectivity index (χ0) is 39.8. The molecule has 1 heterocycles. The third kappa shape index (κ3) is 6.59. The molecule has 0 spiro atoms. The lowest BCUT2D eigenvalue weighted by molar-refractivity contribution is 1.04. The summed E-state index contributed by atoms with van der Waals surface area (Å²) in [6.45, 7) is 0. The fourth-order valence-electron chi connectivity index (χ4n) is 8.92. The number of hydrogen-bond donors (Lipinski definition) is 0. The summed E-state index contributed by atoms with van der Waals surface area (Å²) < 4.78 is 0. The lowest BCUT2D eigenvalue weighted by atomic mass is 9.91. The van der Waals surface area contributed by atoms with Crippen LogP contribution < -0.4 is 0 Å². The van der Waals surface area contributed by atoms with Crippen LogP contribution in [-0.4, -0.2) is 9.97 Å². The molecule has 0 atom stereocenters. The van der Waals surface area contributed by atoms with E-state index < -0.39 is 0 Å². The summed E-state index contributed by atoms with van der Waals surface area (Å²) in [5.41, 5.74) is 14.2. The average molecular weight is 765 g/mol. The highest BCUT2D eigenvalue weighted by molar-refractivity contribution is 6.25. The van der Waals surface area contributed by atoms with Gasteiger partial charge in [0.15, 0.2) is 5.82 Å². The first-order valence-corrected chi connectivity index (χ1v) is 20.8. The summed E-state index contributed by atoms with van der Waals surface area (Å²) in [5, 5.41) is 7.66. The Hall–Kier alpha value is -7.68. The maximum atomic E-state index is 5.37. The van der Waals surface area contributed by atoms with Gasteiger partial charge in [0, 0.05) is 16.7 Å². The van der Waals surface area contributed by atoms with Gasteiger partial charge in [0.2, 0.25) is 0 Å². The van der Waals surface area contributed by atoms with Gasteiger partial charge in [0.1, 0.15) is 0 Å². The van der Waals surface area contributed by atoms with E-state index in [1.54, 1.807) is 0 Å². The van der Waals surface area contributed by atoms with Crippen molar-refractivity contribution >= 4 is 37.9 Å². The van der Waals surface area contributed by atoms with E-state index in [2.05, 4.69) is 218 Å². The summed E-state index contributed by atoms with van der Waals surface area (Å²) in [6, 6.07) is 72.1. The lowest BCUT2D eigenvalue weighted by Crippen LogP contribution is -1.98. The molecular formula is C58H40N2. The quantitative estimate of drug-likeness (QED) is 0.151. The minimum Gasteiger partial charge on any atom is -0.228 e. The third-order valence-electron chi connectivity index (χ3n) is 11.9. The Morgan fingerprint density at radius 2 is 0.783 bits per heavy atom. The monoisotopic (exact) mass is 764 g/mol. The molecule has 282 valence electrons. The summed E-state index contributed by atoms with van der Waals surface area (Å²) in [7, 11) is 0. The van der Waals surface area contributed by atoms with Gasteiger partial charge in [-0.3, -0.25) is 0 Å². The molecule has 1 aliphatic rings. The van der Waals surface area contributed by atoms with Gasteiger partial charge in [-0.1, -0.05) is 188 Å². The second-order valence-corrected chi connectivity index (χ2v) is 15.6. The summed E-state index contributed by atoms with van der Waals surface area (Å²) >= 11 is 0. The van der Waals surface area contributed by atoms with E-state index in [1.807, 2.05) is 0 Å². The van der Waals surface area contributed by atoms with Gasteiger partial charge in [-0.25, -0.2) is 9.97 Å². The number of fused-ring (bicyclic) bond motifs is 6. The lowest BCUT2D eigenvalue weighted by Gasteiger charge is -2.15. The van der Waals surface area contributed by atoms with Crippen LogP contribution in [0, 0.1) is 0 Å². The van der Waals surface area contributed by atoms with Crippen molar-refractivity contribution in [3.63, 3.8) is 0 Å². The molecule has 2 heteroatoms. The Morgan fingerprint density at radius 1 is 0.300 bits per heavy atom. The van der Waals surface area contributed by atoms with Crippen molar-refractivity contribution in [1.82, 2.24) is 9.97 Å². The van der Waals surface area contributed by atoms with Crippen LogP contribution in [0.25, 0.3) is 105 Å². The first-order chi connectivity index (χ1) is 29.7. The third-order valence-corrected chi connectivity index (χ3v) is 11.9. The minimum atomic E-state index is 0.694. The predicted molar refractivity (Wildman–Crippen MR) is 254 cm³/mol. The van der Waals surface area contributed by atoms with Crippen molar-refractivity contribution < 1.29 is 0 Å².